The van der Waals surface area contributed by atoms with Gasteiger partial charge in [-0.25, -0.2) is 9.18 Å². The minimum absolute atomic E-state index is 0.152. The number of aromatic hydroxyl groups is 1. The Bertz CT molecular complexity index is 840. The molecule has 2 aromatic carbocycles. The highest BCUT2D eigenvalue weighted by atomic mass is 19.1. The molecule has 2 aromatic rings. The fourth-order valence-electron chi connectivity index (χ4n) is 3.65. The smallest absolute Gasteiger partial charge is 0.318 e. The average molecular weight is 356 g/mol. The molecule has 4 rings (SSSR count). The second-order valence-corrected chi connectivity index (χ2v) is 6.80. The van der Waals surface area contributed by atoms with E-state index in [1.807, 2.05) is 6.07 Å². The van der Waals surface area contributed by atoms with Crippen molar-refractivity contribution in [1.29, 1.82) is 0 Å². The first-order chi connectivity index (χ1) is 12.6. The number of fused-ring (bicyclic) bond motifs is 2. The Hall–Kier alpha value is -2.76. The van der Waals surface area contributed by atoms with Crippen LogP contribution >= 0.6 is 0 Å². The van der Waals surface area contributed by atoms with Gasteiger partial charge < -0.3 is 20.1 Å². The van der Waals surface area contributed by atoms with Crippen molar-refractivity contribution in [3.8, 4) is 11.5 Å². The lowest BCUT2D eigenvalue weighted by atomic mass is 9.99. The summed E-state index contributed by atoms with van der Waals surface area (Å²) in [5.74, 6) is 0.368. The van der Waals surface area contributed by atoms with Crippen LogP contribution in [0.2, 0.25) is 0 Å². The highest BCUT2D eigenvalue weighted by molar-refractivity contribution is 5.75. The fourth-order valence-corrected chi connectivity index (χ4v) is 3.65. The molecule has 0 bridgehead atoms. The number of hydrogen-bond acceptors (Lipinski definition) is 3. The third-order valence-corrected chi connectivity index (χ3v) is 5.03. The van der Waals surface area contributed by atoms with Gasteiger partial charge in [-0.15, -0.1) is 0 Å². The summed E-state index contributed by atoms with van der Waals surface area (Å²) >= 11 is 0. The molecule has 26 heavy (non-hydrogen) atoms. The summed E-state index contributed by atoms with van der Waals surface area (Å²) < 4.78 is 19.1. The van der Waals surface area contributed by atoms with Crippen LogP contribution in [0.3, 0.4) is 0 Å². The van der Waals surface area contributed by atoms with E-state index in [2.05, 4.69) is 5.32 Å². The van der Waals surface area contributed by atoms with Crippen molar-refractivity contribution in [2.24, 2.45) is 0 Å². The molecule has 0 saturated heterocycles. The lowest BCUT2D eigenvalue weighted by molar-refractivity contribution is 0.187. The number of carbonyl (C=O) groups excluding carboxylic acids is 1. The van der Waals surface area contributed by atoms with Crippen LogP contribution in [0.15, 0.2) is 36.4 Å². The van der Waals surface area contributed by atoms with E-state index in [0.717, 1.165) is 36.0 Å². The zero-order valence-corrected chi connectivity index (χ0v) is 14.4. The molecule has 2 amide bonds. The predicted molar refractivity (Wildman–Crippen MR) is 94.6 cm³/mol. The SMILES string of the molecule is O=C(NC1CCCOc2cc(F)ccc21)N1CCc2ccc(O)cc2C1. The second kappa shape index (κ2) is 6.86. The summed E-state index contributed by atoms with van der Waals surface area (Å²) in [6, 6.07) is 9.40. The Balaban J connectivity index is 1.50. The Morgan fingerprint density at radius 1 is 1.23 bits per heavy atom. The summed E-state index contributed by atoms with van der Waals surface area (Å²) in [5.41, 5.74) is 2.95. The first-order valence-electron chi connectivity index (χ1n) is 8.88. The minimum Gasteiger partial charge on any atom is -0.508 e. The van der Waals surface area contributed by atoms with Crippen LogP contribution in [0.1, 0.15) is 35.6 Å². The molecule has 2 heterocycles. The third-order valence-electron chi connectivity index (χ3n) is 5.03. The Morgan fingerprint density at radius 2 is 2.12 bits per heavy atom. The summed E-state index contributed by atoms with van der Waals surface area (Å²) in [6.45, 7) is 1.61. The lowest BCUT2D eigenvalue weighted by Gasteiger charge is -2.31. The summed E-state index contributed by atoms with van der Waals surface area (Å²) in [6.07, 6.45) is 2.30. The largest absolute Gasteiger partial charge is 0.508 e. The second-order valence-electron chi connectivity index (χ2n) is 6.80. The summed E-state index contributed by atoms with van der Waals surface area (Å²) in [7, 11) is 0. The molecule has 0 spiro atoms. The van der Waals surface area contributed by atoms with Gasteiger partial charge in [-0.2, -0.15) is 0 Å². The molecule has 2 aliphatic heterocycles. The maximum Gasteiger partial charge on any atom is 0.318 e. The van der Waals surface area contributed by atoms with E-state index in [9.17, 15) is 14.3 Å². The van der Waals surface area contributed by atoms with Gasteiger partial charge in [-0.1, -0.05) is 12.1 Å². The number of phenolic OH excluding ortho intramolecular Hbond substituents is 1. The van der Waals surface area contributed by atoms with Gasteiger partial charge in [0.2, 0.25) is 0 Å². The molecular formula is C20H21FN2O3. The van der Waals surface area contributed by atoms with Gasteiger partial charge in [-0.3, -0.25) is 0 Å². The summed E-state index contributed by atoms with van der Waals surface area (Å²) in [5, 5.41) is 12.7. The highest BCUT2D eigenvalue weighted by Crippen LogP contribution is 2.32. The average Bonchev–Trinajstić information content (AvgIpc) is 2.82. The van der Waals surface area contributed by atoms with Gasteiger partial charge in [0.1, 0.15) is 17.3 Å². The van der Waals surface area contributed by atoms with Crippen LogP contribution in [0.5, 0.6) is 11.5 Å². The standard InChI is InChI=1S/C20H21FN2O3/c21-15-4-6-17-18(2-1-9-26-19(17)11-15)22-20(25)23-8-7-13-3-5-16(24)10-14(13)12-23/h3-6,10-11,18,24H,1-2,7-9,12H2,(H,22,25). The van der Waals surface area contributed by atoms with Gasteiger partial charge in [0.25, 0.3) is 0 Å². The van der Waals surface area contributed by atoms with Crippen LogP contribution in [0.4, 0.5) is 9.18 Å². The minimum atomic E-state index is -0.344. The van der Waals surface area contributed by atoms with Crippen molar-refractivity contribution in [2.45, 2.75) is 31.8 Å². The molecule has 0 fully saturated rings. The zero-order chi connectivity index (χ0) is 18.1. The molecule has 0 radical (unpaired) electrons. The van der Waals surface area contributed by atoms with Crippen molar-refractivity contribution < 1.29 is 19.0 Å². The number of amides is 2. The fraction of sp³-hybridized carbons (Fsp3) is 0.350. The maximum atomic E-state index is 13.5. The van der Waals surface area contributed by atoms with Crippen LogP contribution in [-0.2, 0) is 13.0 Å². The van der Waals surface area contributed by atoms with Crippen molar-refractivity contribution in [2.75, 3.05) is 13.2 Å². The molecule has 0 aromatic heterocycles. The topological polar surface area (TPSA) is 61.8 Å². The number of rotatable bonds is 1. The molecule has 1 atom stereocenters. The van der Waals surface area contributed by atoms with Gasteiger partial charge in [0.15, 0.2) is 0 Å². The highest BCUT2D eigenvalue weighted by Gasteiger charge is 2.26. The number of nitrogens with one attached hydrogen (secondary N) is 1. The molecule has 0 saturated carbocycles. The van der Waals surface area contributed by atoms with Crippen molar-refractivity contribution in [3.05, 3.63) is 58.9 Å². The number of hydrogen-bond donors (Lipinski definition) is 2. The number of urea groups is 1. The Kier molecular flexibility index (Phi) is 4.41. The number of nitrogens with zero attached hydrogens (tertiary/aromatic N) is 1. The number of carbonyl (C=O) groups is 1. The first-order valence-corrected chi connectivity index (χ1v) is 8.88. The molecule has 2 aliphatic rings. The van der Waals surface area contributed by atoms with Gasteiger partial charge in [0.05, 0.1) is 12.6 Å². The van der Waals surface area contributed by atoms with Gasteiger partial charge >= 0.3 is 6.03 Å². The van der Waals surface area contributed by atoms with E-state index in [1.165, 1.54) is 12.1 Å². The normalized spacial score (nSPS) is 19.0. The van der Waals surface area contributed by atoms with E-state index in [1.54, 1.807) is 23.1 Å². The number of ether oxygens (including phenoxy) is 1. The van der Waals surface area contributed by atoms with Crippen molar-refractivity contribution >= 4 is 6.03 Å². The first kappa shape index (κ1) is 16.7. The molecule has 2 N–H and O–H groups in total. The lowest BCUT2D eigenvalue weighted by Crippen LogP contribution is -2.44. The maximum absolute atomic E-state index is 13.5. The van der Waals surface area contributed by atoms with Crippen LogP contribution in [-0.4, -0.2) is 29.2 Å². The quantitative estimate of drug-likeness (QED) is 0.822. The van der Waals surface area contributed by atoms with Crippen molar-refractivity contribution in [3.63, 3.8) is 0 Å². The predicted octanol–water partition coefficient (Wildman–Crippen LogP) is 3.51. The van der Waals surface area contributed by atoms with E-state index >= 15 is 0 Å². The zero-order valence-electron chi connectivity index (χ0n) is 14.4. The molecule has 136 valence electrons. The number of phenols is 1. The van der Waals surface area contributed by atoms with Gasteiger partial charge in [0, 0.05) is 24.7 Å². The molecule has 1 unspecified atom stereocenters. The van der Waals surface area contributed by atoms with E-state index in [4.69, 9.17) is 4.74 Å². The monoisotopic (exact) mass is 356 g/mol. The van der Waals surface area contributed by atoms with Gasteiger partial charge in [-0.05, 0) is 48.6 Å². The molecule has 0 aliphatic carbocycles. The Labute approximate surface area is 151 Å². The Morgan fingerprint density at radius 3 is 3.00 bits per heavy atom. The van der Waals surface area contributed by atoms with E-state index in [-0.39, 0.29) is 23.6 Å². The molecule has 5 nitrogen and oxygen atoms in total. The number of benzene rings is 2. The van der Waals surface area contributed by atoms with Crippen molar-refractivity contribution in [1.82, 2.24) is 10.2 Å². The molecule has 6 heteroatoms. The summed E-state index contributed by atoms with van der Waals surface area (Å²) in [4.78, 5) is 14.5. The van der Waals surface area contributed by atoms with E-state index in [0.29, 0.717) is 25.4 Å². The van der Waals surface area contributed by atoms with Crippen LogP contribution in [0, 0.1) is 5.82 Å². The van der Waals surface area contributed by atoms with Crippen LogP contribution < -0.4 is 10.1 Å². The molecular weight excluding hydrogens is 335 g/mol. The van der Waals surface area contributed by atoms with Crippen LogP contribution in [0.25, 0.3) is 0 Å². The third kappa shape index (κ3) is 3.31. The van der Waals surface area contributed by atoms with E-state index < -0.39 is 0 Å². The number of halogens is 1.